The molecule has 4 rings (SSSR count). The average molecular weight is 346 g/mol. The Hall–Kier alpha value is -2.01. The van der Waals surface area contributed by atoms with Gasteiger partial charge in [0.25, 0.3) is 5.91 Å². The average Bonchev–Trinajstić information content (AvgIpc) is 3.17. The Bertz CT molecular complexity index is 737. The van der Waals surface area contributed by atoms with Gasteiger partial charge in [-0.05, 0) is 42.9 Å². The molecule has 2 aliphatic rings. The molecule has 24 heavy (non-hydrogen) atoms. The molecule has 1 amide bonds. The van der Waals surface area contributed by atoms with Crippen molar-refractivity contribution < 1.29 is 9.53 Å². The largest absolute Gasteiger partial charge is 0.476 e. The van der Waals surface area contributed by atoms with E-state index < -0.39 is 0 Å². The van der Waals surface area contributed by atoms with Gasteiger partial charge in [0, 0.05) is 17.1 Å². The van der Waals surface area contributed by atoms with Crippen LogP contribution in [0, 0.1) is 0 Å². The van der Waals surface area contributed by atoms with E-state index in [1.54, 1.807) is 10.7 Å². The van der Waals surface area contributed by atoms with Crippen molar-refractivity contribution in [2.45, 2.75) is 44.2 Å². The van der Waals surface area contributed by atoms with E-state index in [0.717, 1.165) is 30.7 Å². The number of ether oxygens (including phenoxy) is 1. The molecular weight excluding hydrogens is 326 g/mol. The van der Waals surface area contributed by atoms with Crippen molar-refractivity contribution in [3.8, 4) is 5.88 Å². The lowest BCUT2D eigenvalue weighted by atomic mass is 9.81. The highest BCUT2D eigenvalue weighted by molar-refractivity contribution is 6.30. The highest BCUT2D eigenvalue weighted by Crippen LogP contribution is 2.34. The molecule has 1 fully saturated rings. The van der Waals surface area contributed by atoms with Gasteiger partial charge in [0.1, 0.15) is 6.61 Å². The first-order valence-corrected chi connectivity index (χ1v) is 8.84. The van der Waals surface area contributed by atoms with Crippen molar-refractivity contribution in [3.05, 3.63) is 46.6 Å². The van der Waals surface area contributed by atoms with Crippen LogP contribution in [-0.4, -0.2) is 28.3 Å². The molecule has 126 valence electrons. The van der Waals surface area contributed by atoms with E-state index >= 15 is 0 Å². The van der Waals surface area contributed by atoms with Crippen molar-refractivity contribution in [2.75, 3.05) is 6.61 Å². The summed E-state index contributed by atoms with van der Waals surface area (Å²) in [5.41, 5.74) is 1.70. The van der Waals surface area contributed by atoms with Crippen molar-refractivity contribution >= 4 is 17.5 Å². The quantitative estimate of drug-likeness (QED) is 0.927. The second-order valence-electron chi connectivity index (χ2n) is 6.53. The summed E-state index contributed by atoms with van der Waals surface area (Å²) in [7, 11) is 0. The lowest BCUT2D eigenvalue weighted by Crippen LogP contribution is -2.38. The zero-order valence-corrected chi connectivity index (χ0v) is 14.1. The maximum Gasteiger partial charge on any atom is 0.272 e. The van der Waals surface area contributed by atoms with E-state index in [1.165, 1.54) is 5.56 Å². The first-order valence-electron chi connectivity index (χ1n) is 8.46. The number of hydrogen-bond acceptors (Lipinski definition) is 3. The number of hydrogen-bond donors (Lipinski definition) is 1. The van der Waals surface area contributed by atoms with E-state index in [9.17, 15) is 4.79 Å². The number of nitrogens with zero attached hydrogens (tertiary/aromatic N) is 2. The molecule has 6 heteroatoms. The number of carbonyl (C=O) groups excluding carboxylic acids is 1. The van der Waals surface area contributed by atoms with Crippen LogP contribution in [-0.2, 0) is 6.54 Å². The molecule has 1 aliphatic heterocycles. The third-order valence-corrected chi connectivity index (χ3v) is 5.09. The highest BCUT2D eigenvalue weighted by atomic mass is 35.5. The van der Waals surface area contributed by atoms with Crippen LogP contribution in [0.1, 0.15) is 47.7 Å². The van der Waals surface area contributed by atoms with Gasteiger partial charge in [-0.2, -0.15) is 5.10 Å². The zero-order valence-electron chi connectivity index (χ0n) is 13.4. The standard InChI is InChI=1S/C18H20ClN3O2/c19-14-5-1-3-12(9-14)13-4-2-6-15(10-13)20-18(23)16-11-17-22(21-16)7-8-24-17/h1,3,5,9,11,13,15H,2,4,6-8,10H2,(H,20,23)/t13-,15+/m0/s1. The van der Waals surface area contributed by atoms with Crippen LogP contribution < -0.4 is 10.1 Å². The van der Waals surface area contributed by atoms with Gasteiger partial charge in [-0.25, -0.2) is 4.68 Å². The van der Waals surface area contributed by atoms with Crippen molar-refractivity contribution in [2.24, 2.45) is 0 Å². The van der Waals surface area contributed by atoms with Crippen LogP contribution in [0.3, 0.4) is 0 Å². The van der Waals surface area contributed by atoms with E-state index in [1.807, 2.05) is 18.2 Å². The topological polar surface area (TPSA) is 56.2 Å². The Morgan fingerprint density at radius 3 is 3.08 bits per heavy atom. The molecule has 0 unspecified atom stereocenters. The second kappa shape index (κ2) is 6.48. The molecule has 5 nitrogen and oxygen atoms in total. The molecule has 1 aromatic heterocycles. The minimum Gasteiger partial charge on any atom is -0.476 e. The fourth-order valence-electron chi connectivity index (χ4n) is 3.67. The van der Waals surface area contributed by atoms with E-state index in [-0.39, 0.29) is 11.9 Å². The van der Waals surface area contributed by atoms with Gasteiger partial charge < -0.3 is 10.1 Å². The molecule has 2 heterocycles. The van der Waals surface area contributed by atoms with E-state index in [0.29, 0.717) is 30.6 Å². The van der Waals surface area contributed by atoms with E-state index in [4.69, 9.17) is 16.3 Å². The Morgan fingerprint density at radius 1 is 1.33 bits per heavy atom. The van der Waals surface area contributed by atoms with E-state index in [2.05, 4.69) is 16.5 Å². The number of fused-ring (bicyclic) bond motifs is 1. The van der Waals surface area contributed by atoms with Crippen LogP contribution in [0.25, 0.3) is 0 Å². The normalized spacial score (nSPS) is 22.7. The molecule has 0 bridgehead atoms. The third-order valence-electron chi connectivity index (χ3n) is 4.86. The van der Waals surface area contributed by atoms with Crippen molar-refractivity contribution in [1.29, 1.82) is 0 Å². The van der Waals surface area contributed by atoms with Crippen LogP contribution in [0.15, 0.2) is 30.3 Å². The summed E-state index contributed by atoms with van der Waals surface area (Å²) in [6.07, 6.45) is 4.19. The number of amides is 1. The Morgan fingerprint density at radius 2 is 2.25 bits per heavy atom. The van der Waals surface area contributed by atoms with Crippen LogP contribution in [0.5, 0.6) is 5.88 Å². The van der Waals surface area contributed by atoms with Gasteiger partial charge >= 0.3 is 0 Å². The summed E-state index contributed by atoms with van der Waals surface area (Å²) in [5.74, 6) is 1.01. The second-order valence-corrected chi connectivity index (χ2v) is 6.96. The summed E-state index contributed by atoms with van der Waals surface area (Å²) >= 11 is 6.11. The fourth-order valence-corrected chi connectivity index (χ4v) is 3.87. The van der Waals surface area contributed by atoms with Crippen molar-refractivity contribution in [3.63, 3.8) is 0 Å². The summed E-state index contributed by atoms with van der Waals surface area (Å²) in [4.78, 5) is 12.5. The molecule has 1 aliphatic carbocycles. The number of rotatable bonds is 3. The summed E-state index contributed by atoms with van der Waals surface area (Å²) in [6, 6.07) is 9.94. The summed E-state index contributed by atoms with van der Waals surface area (Å²) in [5, 5.41) is 8.21. The Kier molecular flexibility index (Phi) is 4.19. The lowest BCUT2D eigenvalue weighted by molar-refractivity contribution is 0.0919. The van der Waals surface area contributed by atoms with Gasteiger partial charge in [-0.3, -0.25) is 4.79 Å². The van der Waals surface area contributed by atoms with Gasteiger partial charge in [0.2, 0.25) is 5.88 Å². The molecule has 0 radical (unpaired) electrons. The van der Waals surface area contributed by atoms with Gasteiger partial charge in [0.05, 0.1) is 6.54 Å². The maximum absolute atomic E-state index is 12.5. The predicted molar refractivity (Wildman–Crippen MR) is 91.6 cm³/mol. The zero-order chi connectivity index (χ0) is 16.5. The summed E-state index contributed by atoms with van der Waals surface area (Å²) < 4.78 is 7.15. The number of halogens is 1. The molecule has 2 atom stereocenters. The van der Waals surface area contributed by atoms with Crippen LogP contribution in [0.2, 0.25) is 5.02 Å². The number of aromatic nitrogens is 2. The lowest BCUT2D eigenvalue weighted by Gasteiger charge is -2.30. The fraction of sp³-hybridized carbons (Fsp3) is 0.444. The number of benzene rings is 1. The minimum atomic E-state index is -0.114. The monoisotopic (exact) mass is 345 g/mol. The number of carbonyl (C=O) groups is 1. The van der Waals surface area contributed by atoms with Gasteiger partial charge in [0.15, 0.2) is 5.69 Å². The van der Waals surface area contributed by atoms with Gasteiger partial charge in [-0.15, -0.1) is 0 Å². The molecular formula is C18H20ClN3O2. The summed E-state index contributed by atoms with van der Waals surface area (Å²) in [6.45, 7) is 1.34. The van der Waals surface area contributed by atoms with Crippen LogP contribution >= 0.6 is 11.6 Å². The molecule has 1 N–H and O–H groups in total. The minimum absolute atomic E-state index is 0.114. The first-order chi connectivity index (χ1) is 11.7. The molecule has 1 saturated carbocycles. The van der Waals surface area contributed by atoms with Crippen molar-refractivity contribution in [1.82, 2.24) is 15.1 Å². The maximum atomic E-state index is 12.5. The predicted octanol–water partition coefficient (Wildman–Crippen LogP) is 3.39. The Labute approximate surface area is 145 Å². The van der Waals surface area contributed by atoms with Gasteiger partial charge in [-0.1, -0.05) is 30.2 Å². The SMILES string of the molecule is O=C(N[C@@H]1CCC[C@H](c2cccc(Cl)c2)C1)c1cc2n(n1)CCO2. The Balaban J connectivity index is 1.41. The van der Waals surface area contributed by atoms with Crippen LogP contribution in [0.4, 0.5) is 0 Å². The number of nitrogens with one attached hydrogen (secondary N) is 1. The smallest absolute Gasteiger partial charge is 0.272 e. The molecule has 1 aromatic carbocycles. The molecule has 2 aromatic rings. The first kappa shape index (κ1) is 15.5. The molecule has 0 spiro atoms. The molecule has 0 saturated heterocycles. The third kappa shape index (κ3) is 3.13. The highest BCUT2D eigenvalue weighted by Gasteiger charge is 2.26.